The van der Waals surface area contributed by atoms with Gasteiger partial charge in [-0.2, -0.15) is 5.10 Å². The fourth-order valence-corrected chi connectivity index (χ4v) is 4.48. The summed E-state index contributed by atoms with van der Waals surface area (Å²) in [6.45, 7) is 6.12. The van der Waals surface area contributed by atoms with Gasteiger partial charge >= 0.3 is 6.03 Å². The van der Waals surface area contributed by atoms with Crippen molar-refractivity contribution in [1.29, 1.82) is 0 Å². The maximum absolute atomic E-state index is 13.4. The van der Waals surface area contributed by atoms with Gasteiger partial charge in [0.2, 0.25) is 0 Å². The normalized spacial score (nSPS) is 11.2. The van der Waals surface area contributed by atoms with Crippen molar-refractivity contribution in [1.82, 2.24) is 14.8 Å². The van der Waals surface area contributed by atoms with Gasteiger partial charge in [-0.15, -0.1) is 0 Å². The number of hydrogen-bond donors (Lipinski definition) is 3. The summed E-state index contributed by atoms with van der Waals surface area (Å²) in [5, 5.41) is 15.0. The van der Waals surface area contributed by atoms with Crippen molar-refractivity contribution in [3.8, 4) is 22.9 Å². The summed E-state index contributed by atoms with van der Waals surface area (Å²) >= 11 is 0. The summed E-state index contributed by atoms with van der Waals surface area (Å²) in [5.41, 5.74) is 1.97. The summed E-state index contributed by atoms with van der Waals surface area (Å²) in [5.74, 6) is 2.32. The van der Waals surface area contributed by atoms with E-state index in [9.17, 15) is 9.59 Å². The molecule has 3 amide bonds. The molecular weight excluding hydrogens is 560 g/mol. The Morgan fingerprint density at radius 3 is 2.30 bits per heavy atom. The van der Waals surface area contributed by atoms with E-state index < -0.39 is 6.03 Å². The zero-order valence-corrected chi connectivity index (χ0v) is 25.2. The van der Waals surface area contributed by atoms with Crippen molar-refractivity contribution < 1.29 is 23.8 Å². The number of methoxy groups -OCH3 is 2. The SMILES string of the molecule is COCC(=O)Nc1cc(Oc2ccc(NC(=O)Nc3cc(C(C)(C)C)nn3-c3ccc(OC)cc3)c3ccccc23)ccn1. The van der Waals surface area contributed by atoms with Crippen LogP contribution in [0.4, 0.5) is 22.1 Å². The summed E-state index contributed by atoms with van der Waals surface area (Å²) in [4.78, 5) is 29.4. The first-order valence-electron chi connectivity index (χ1n) is 13.9. The van der Waals surface area contributed by atoms with Gasteiger partial charge < -0.3 is 24.8 Å². The van der Waals surface area contributed by atoms with Gasteiger partial charge in [0, 0.05) is 41.6 Å². The lowest BCUT2D eigenvalue weighted by Crippen LogP contribution is -2.21. The van der Waals surface area contributed by atoms with Crippen molar-refractivity contribution in [2.45, 2.75) is 26.2 Å². The molecule has 0 spiro atoms. The van der Waals surface area contributed by atoms with Crippen LogP contribution in [0, 0.1) is 0 Å². The number of pyridine rings is 1. The van der Waals surface area contributed by atoms with Crippen molar-refractivity contribution in [2.24, 2.45) is 0 Å². The molecule has 0 radical (unpaired) electrons. The van der Waals surface area contributed by atoms with Crippen LogP contribution in [0.3, 0.4) is 0 Å². The highest BCUT2D eigenvalue weighted by Crippen LogP contribution is 2.35. The molecule has 0 atom stereocenters. The lowest BCUT2D eigenvalue weighted by molar-refractivity contribution is -0.119. The quantitative estimate of drug-likeness (QED) is 0.172. The molecule has 2 aromatic heterocycles. The molecule has 0 saturated heterocycles. The molecule has 3 N–H and O–H groups in total. The molecule has 0 aliphatic carbocycles. The van der Waals surface area contributed by atoms with Gasteiger partial charge in [0.15, 0.2) is 0 Å². The van der Waals surface area contributed by atoms with Crippen LogP contribution in [-0.2, 0) is 14.9 Å². The number of carbonyl (C=O) groups is 2. The van der Waals surface area contributed by atoms with E-state index in [1.165, 1.54) is 7.11 Å². The standard InChI is InChI=1S/C33H34N6O5/c1-33(2,3)28-19-30(39(38-28)21-10-12-22(43-5)13-11-21)37-32(41)35-26-14-15-27(25-9-7-6-8-24(25)26)44-23-16-17-34-29(18-23)36-31(40)20-42-4/h6-19H,20H2,1-5H3,(H,34,36,40)(H2,35,37,41). The number of anilines is 3. The minimum atomic E-state index is -0.426. The molecule has 226 valence electrons. The molecule has 3 aromatic carbocycles. The summed E-state index contributed by atoms with van der Waals surface area (Å²) in [7, 11) is 3.06. The molecule has 0 bridgehead atoms. The van der Waals surface area contributed by atoms with E-state index in [1.807, 2.05) is 54.6 Å². The third kappa shape index (κ3) is 6.96. The predicted molar refractivity (Wildman–Crippen MR) is 170 cm³/mol. The second-order valence-corrected chi connectivity index (χ2v) is 11.0. The number of urea groups is 1. The largest absolute Gasteiger partial charge is 0.497 e. The number of fused-ring (bicyclic) bond motifs is 1. The van der Waals surface area contributed by atoms with Crippen LogP contribution < -0.4 is 25.4 Å². The van der Waals surface area contributed by atoms with Crippen molar-refractivity contribution in [2.75, 3.05) is 36.8 Å². The molecule has 11 nitrogen and oxygen atoms in total. The number of ether oxygens (including phenoxy) is 3. The van der Waals surface area contributed by atoms with E-state index in [1.54, 1.807) is 42.3 Å². The van der Waals surface area contributed by atoms with E-state index in [0.717, 1.165) is 27.9 Å². The van der Waals surface area contributed by atoms with Crippen molar-refractivity contribution in [3.63, 3.8) is 0 Å². The van der Waals surface area contributed by atoms with Gasteiger partial charge in [-0.05, 0) is 42.5 Å². The lowest BCUT2D eigenvalue weighted by atomic mass is 9.92. The minimum Gasteiger partial charge on any atom is -0.497 e. The highest BCUT2D eigenvalue weighted by atomic mass is 16.5. The van der Waals surface area contributed by atoms with Crippen LogP contribution in [0.1, 0.15) is 26.5 Å². The Morgan fingerprint density at radius 1 is 0.841 bits per heavy atom. The Balaban J connectivity index is 1.38. The van der Waals surface area contributed by atoms with Crippen molar-refractivity contribution in [3.05, 3.63) is 90.8 Å². The van der Waals surface area contributed by atoms with Gasteiger partial charge in [-0.25, -0.2) is 14.5 Å². The van der Waals surface area contributed by atoms with Crippen LogP contribution in [0.5, 0.6) is 17.2 Å². The fourth-order valence-electron chi connectivity index (χ4n) is 4.48. The zero-order valence-electron chi connectivity index (χ0n) is 25.2. The van der Waals surface area contributed by atoms with E-state index in [2.05, 4.69) is 41.7 Å². The van der Waals surface area contributed by atoms with Gasteiger partial charge in [-0.1, -0.05) is 45.0 Å². The second kappa shape index (κ2) is 12.8. The van der Waals surface area contributed by atoms with Crippen LogP contribution in [-0.4, -0.2) is 47.5 Å². The third-order valence-electron chi connectivity index (χ3n) is 6.67. The first-order chi connectivity index (χ1) is 21.1. The maximum atomic E-state index is 13.4. The van der Waals surface area contributed by atoms with Crippen molar-refractivity contribution >= 4 is 40.0 Å². The highest BCUT2D eigenvalue weighted by Gasteiger charge is 2.22. The highest BCUT2D eigenvalue weighted by molar-refractivity contribution is 6.07. The topological polar surface area (TPSA) is 129 Å². The molecule has 0 fully saturated rings. The number of nitrogens with one attached hydrogen (secondary N) is 3. The molecule has 0 saturated carbocycles. The number of nitrogens with zero attached hydrogens (tertiary/aromatic N) is 3. The first kappa shape index (κ1) is 30.1. The number of amides is 3. The average molecular weight is 595 g/mol. The molecular formula is C33H34N6O5. The van der Waals surface area contributed by atoms with Gasteiger partial charge in [-0.3, -0.25) is 10.1 Å². The van der Waals surface area contributed by atoms with E-state index in [4.69, 9.17) is 19.3 Å². The molecule has 2 heterocycles. The molecule has 44 heavy (non-hydrogen) atoms. The predicted octanol–water partition coefficient (Wildman–Crippen LogP) is 6.75. The smallest absolute Gasteiger partial charge is 0.324 e. The molecule has 5 aromatic rings. The Kier molecular flexibility index (Phi) is 8.77. The maximum Gasteiger partial charge on any atom is 0.324 e. The monoisotopic (exact) mass is 594 g/mol. The van der Waals surface area contributed by atoms with Gasteiger partial charge in [0.25, 0.3) is 5.91 Å². The van der Waals surface area contributed by atoms with E-state index in [0.29, 0.717) is 28.8 Å². The summed E-state index contributed by atoms with van der Waals surface area (Å²) in [6.07, 6.45) is 1.54. The van der Waals surface area contributed by atoms with Crippen LogP contribution in [0.2, 0.25) is 0 Å². The third-order valence-corrected chi connectivity index (χ3v) is 6.67. The fraction of sp³-hybridized carbons (Fsp3) is 0.212. The Labute approximate surface area is 255 Å². The number of benzene rings is 3. The second-order valence-electron chi connectivity index (χ2n) is 11.0. The van der Waals surface area contributed by atoms with E-state index >= 15 is 0 Å². The Bertz CT molecular complexity index is 1790. The summed E-state index contributed by atoms with van der Waals surface area (Å²) in [6, 6.07) is 23.4. The zero-order chi connectivity index (χ0) is 31.3. The van der Waals surface area contributed by atoms with Crippen LogP contribution in [0.15, 0.2) is 85.1 Å². The molecule has 5 rings (SSSR count). The number of hydrogen-bond acceptors (Lipinski definition) is 7. The molecule has 0 aliphatic rings. The Hall–Kier alpha value is -5.42. The van der Waals surface area contributed by atoms with Crippen LogP contribution >= 0.6 is 0 Å². The minimum absolute atomic E-state index is 0.0823. The number of rotatable bonds is 9. The number of aromatic nitrogens is 3. The van der Waals surface area contributed by atoms with Gasteiger partial charge in [0.05, 0.1) is 24.2 Å². The van der Waals surface area contributed by atoms with E-state index in [-0.39, 0.29) is 17.9 Å². The molecule has 0 unspecified atom stereocenters. The van der Waals surface area contributed by atoms with Gasteiger partial charge in [0.1, 0.15) is 35.5 Å². The molecule has 0 aliphatic heterocycles. The summed E-state index contributed by atoms with van der Waals surface area (Å²) < 4.78 is 18.0. The molecule has 11 heteroatoms. The van der Waals surface area contributed by atoms with Crippen LogP contribution in [0.25, 0.3) is 16.5 Å². The number of carbonyl (C=O) groups excluding carboxylic acids is 2. The first-order valence-corrected chi connectivity index (χ1v) is 13.9. The average Bonchev–Trinajstić information content (AvgIpc) is 3.43. The Morgan fingerprint density at radius 2 is 1.59 bits per heavy atom. The lowest BCUT2D eigenvalue weighted by Gasteiger charge is -2.15.